The smallest absolute Gasteiger partial charge is 0.234 e. The van der Waals surface area contributed by atoms with Crippen LogP contribution >= 0.6 is 34.7 Å². The third-order valence-corrected chi connectivity index (χ3v) is 6.51. The maximum atomic E-state index is 13.2. The van der Waals surface area contributed by atoms with Crippen molar-refractivity contribution in [1.29, 1.82) is 0 Å². The summed E-state index contributed by atoms with van der Waals surface area (Å²) >= 11 is 8.72. The van der Waals surface area contributed by atoms with Gasteiger partial charge >= 0.3 is 0 Å². The van der Waals surface area contributed by atoms with Crippen LogP contribution in [0.1, 0.15) is 6.92 Å². The third kappa shape index (κ3) is 4.14. The van der Waals surface area contributed by atoms with Gasteiger partial charge in [-0.3, -0.25) is 4.79 Å². The number of anilines is 1. The number of halogens is 2. The lowest BCUT2D eigenvalue weighted by molar-refractivity contribution is -0.113. The Labute approximate surface area is 179 Å². The SMILES string of the molecule is CCn1c(SCC(=O)Nc2ccc(F)c(Cl)c2)nnc1-c1csc2ccccc12. The standard InChI is InChI=1S/C20H16ClFN4OS2/c1-2-26-19(14-10-28-17-6-4-3-5-13(14)17)24-25-20(26)29-11-18(27)23-12-7-8-16(22)15(21)9-12/h3-10H,2,11H2,1H3,(H,23,27). The lowest BCUT2D eigenvalue weighted by Crippen LogP contribution is -2.14. The topological polar surface area (TPSA) is 59.8 Å². The molecule has 0 fully saturated rings. The van der Waals surface area contributed by atoms with Crippen LogP contribution in [0.25, 0.3) is 21.5 Å². The van der Waals surface area contributed by atoms with Gasteiger partial charge in [0, 0.05) is 33.3 Å². The van der Waals surface area contributed by atoms with Crippen LogP contribution in [-0.4, -0.2) is 26.4 Å². The lowest BCUT2D eigenvalue weighted by Gasteiger charge is -2.08. The number of aromatic nitrogens is 3. The van der Waals surface area contributed by atoms with Crippen LogP contribution in [0.4, 0.5) is 10.1 Å². The van der Waals surface area contributed by atoms with Crippen LogP contribution in [-0.2, 0) is 11.3 Å². The molecule has 0 unspecified atom stereocenters. The summed E-state index contributed by atoms with van der Waals surface area (Å²) in [6, 6.07) is 12.2. The highest BCUT2D eigenvalue weighted by Gasteiger charge is 2.17. The number of fused-ring (bicyclic) bond motifs is 1. The van der Waals surface area contributed by atoms with Crippen LogP contribution in [0.15, 0.2) is 53.0 Å². The van der Waals surface area contributed by atoms with Crippen molar-refractivity contribution >= 4 is 56.4 Å². The maximum absolute atomic E-state index is 13.2. The highest BCUT2D eigenvalue weighted by molar-refractivity contribution is 7.99. The second kappa shape index (κ2) is 8.52. The zero-order valence-corrected chi connectivity index (χ0v) is 17.7. The summed E-state index contributed by atoms with van der Waals surface area (Å²) in [4.78, 5) is 12.3. The van der Waals surface area contributed by atoms with Crippen molar-refractivity contribution in [3.05, 3.63) is 58.7 Å². The van der Waals surface area contributed by atoms with Gasteiger partial charge in [0.2, 0.25) is 5.91 Å². The van der Waals surface area contributed by atoms with Gasteiger partial charge in [0.25, 0.3) is 0 Å². The molecule has 5 nitrogen and oxygen atoms in total. The Balaban J connectivity index is 1.49. The number of hydrogen-bond acceptors (Lipinski definition) is 5. The Kier molecular flexibility index (Phi) is 5.84. The molecule has 4 aromatic rings. The molecule has 2 aromatic carbocycles. The summed E-state index contributed by atoms with van der Waals surface area (Å²) in [5.41, 5.74) is 1.49. The van der Waals surface area contributed by atoms with E-state index in [1.165, 1.54) is 34.7 Å². The summed E-state index contributed by atoms with van der Waals surface area (Å²) in [7, 11) is 0. The van der Waals surface area contributed by atoms with Crippen LogP contribution < -0.4 is 5.32 Å². The van der Waals surface area contributed by atoms with Gasteiger partial charge in [-0.05, 0) is 31.2 Å². The number of rotatable bonds is 6. The van der Waals surface area contributed by atoms with Crippen LogP contribution in [0.3, 0.4) is 0 Å². The summed E-state index contributed by atoms with van der Waals surface area (Å²) in [6.07, 6.45) is 0. The number of nitrogens with zero attached hydrogens (tertiary/aromatic N) is 3. The average molecular weight is 447 g/mol. The fraction of sp³-hybridized carbons (Fsp3) is 0.150. The van der Waals surface area contributed by atoms with Gasteiger partial charge in [0.05, 0.1) is 10.8 Å². The minimum atomic E-state index is -0.524. The average Bonchev–Trinajstić information content (AvgIpc) is 3.32. The maximum Gasteiger partial charge on any atom is 0.234 e. The van der Waals surface area contributed by atoms with Gasteiger partial charge < -0.3 is 9.88 Å². The Hall–Kier alpha value is -2.42. The number of carbonyl (C=O) groups excluding carboxylic acids is 1. The Morgan fingerprint density at radius 2 is 2.10 bits per heavy atom. The van der Waals surface area contributed by atoms with Gasteiger partial charge in [-0.2, -0.15) is 0 Å². The molecule has 0 aliphatic rings. The highest BCUT2D eigenvalue weighted by atomic mass is 35.5. The first kappa shape index (κ1) is 19.9. The molecule has 0 atom stereocenters. The second-order valence-electron chi connectivity index (χ2n) is 6.16. The molecule has 4 rings (SSSR count). The number of nitrogens with one attached hydrogen (secondary N) is 1. The molecule has 0 bridgehead atoms. The van der Waals surface area contributed by atoms with E-state index in [2.05, 4.69) is 33.0 Å². The second-order valence-corrected chi connectivity index (χ2v) is 8.42. The Morgan fingerprint density at radius 3 is 2.90 bits per heavy atom. The molecule has 2 heterocycles. The predicted molar refractivity (Wildman–Crippen MR) is 117 cm³/mol. The minimum Gasteiger partial charge on any atom is -0.325 e. The number of amides is 1. The van der Waals surface area contributed by atoms with Gasteiger partial charge in [0.15, 0.2) is 11.0 Å². The number of hydrogen-bond donors (Lipinski definition) is 1. The van der Waals surface area contributed by atoms with E-state index in [0.29, 0.717) is 17.4 Å². The van der Waals surface area contributed by atoms with Crippen molar-refractivity contribution in [2.75, 3.05) is 11.1 Å². The molecular weight excluding hydrogens is 431 g/mol. The lowest BCUT2D eigenvalue weighted by atomic mass is 10.1. The Bertz CT molecular complexity index is 1190. The van der Waals surface area contributed by atoms with Crippen molar-refractivity contribution in [2.24, 2.45) is 0 Å². The number of carbonyl (C=O) groups is 1. The molecule has 0 saturated carbocycles. The molecule has 29 heavy (non-hydrogen) atoms. The molecule has 0 aliphatic carbocycles. The highest BCUT2D eigenvalue weighted by Crippen LogP contribution is 2.34. The molecule has 2 aromatic heterocycles. The van der Waals surface area contributed by atoms with E-state index < -0.39 is 5.82 Å². The van der Waals surface area contributed by atoms with Gasteiger partial charge in [0.1, 0.15) is 5.82 Å². The molecule has 1 amide bonds. The monoisotopic (exact) mass is 446 g/mol. The zero-order chi connectivity index (χ0) is 20.4. The molecule has 1 N–H and O–H groups in total. The summed E-state index contributed by atoms with van der Waals surface area (Å²) in [6.45, 7) is 2.70. The Morgan fingerprint density at radius 1 is 1.28 bits per heavy atom. The van der Waals surface area contributed by atoms with Crippen molar-refractivity contribution in [1.82, 2.24) is 14.8 Å². The third-order valence-electron chi connectivity index (χ3n) is 4.29. The van der Waals surface area contributed by atoms with E-state index in [-0.39, 0.29) is 16.7 Å². The summed E-state index contributed by atoms with van der Waals surface area (Å²) in [5.74, 6) is 0.185. The first-order chi connectivity index (χ1) is 14.1. The molecule has 0 spiro atoms. The van der Waals surface area contributed by atoms with Crippen molar-refractivity contribution in [2.45, 2.75) is 18.6 Å². The first-order valence-electron chi connectivity index (χ1n) is 8.84. The minimum absolute atomic E-state index is 0.0335. The molecule has 9 heteroatoms. The van der Waals surface area contributed by atoms with Crippen molar-refractivity contribution in [3.63, 3.8) is 0 Å². The first-order valence-corrected chi connectivity index (χ1v) is 11.1. The normalized spacial score (nSPS) is 11.1. The summed E-state index contributed by atoms with van der Waals surface area (Å²) < 4.78 is 16.4. The van der Waals surface area contributed by atoms with E-state index in [9.17, 15) is 9.18 Å². The molecular formula is C20H16ClFN4OS2. The van der Waals surface area contributed by atoms with Crippen LogP contribution in [0.5, 0.6) is 0 Å². The van der Waals surface area contributed by atoms with Crippen LogP contribution in [0.2, 0.25) is 5.02 Å². The molecule has 0 radical (unpaired) electrons. The quantitative estimate of drug-likeness (QED) is 0.386. The van der Waals surface area contributed by atoms with Crippen LogP contribution in [0, 0.1) is 5.82 Å². The molecule has 0 aliphatic heterocycles. The summed E-state index contributed by atoms with van der Waals surface area (Å²) in [5, 5.41) is 15.2. The van der Waals surface area contributed by atoms with Crippen molar-refractivity contribution in [3.8, 4) is 11.4 Å². The number of thioether (sulfide) groups is 1. The largest absolute Gasteiger partial charge is 0.325 e. The number of thiophene rings is 1. The predicted octanol–water partition coefficient (Wildman–Crippen LogP) is 5.70. The van der Waals surface area contributed by atoms with E-state index in [4.69, 9.17) is 11.6 Å². The molecule has 148 valence electrons. The van der Waals surface area contributed by atoms with E-state index >= 15 is 0 Å². The molecule has 0 saturated heterocycles. The van der Waals surface area contributed by atoms with E-state index in [1.807, 2.05) is 23.6 Å². The van der Waals surface area contributed by atoms with E-state index in [0.717, 1.165) is 16.8 Å². The van der Waals surface area contributed by atoms with E-state index in [1.54, 1.807) is 11.3 Å². The fourth-order valence-electron chi connectivity index (χ4n) is 2.93. The van der Waals surface area contributed by atoms with Gasteiger partial charge in [-0.1, -0.05) is 41.6 Å². The fourth-order valence-corrected chi connectivity index (χ4v) is 4.85. The van der Waals surface area contributed by atoms with Gasteiger partial charge in [-0.25, -0.2) is 4.39 Å². The van der Waals surface area contributed by atoms with Gasteiger partial charge in [-0.15, -0.1) is 21.5 Å². The van der Waals surface area contributed by atoms with Crippen molar-refractivity contribution < 1.29 is 9.18 Å². The number of benzene rings is 2. The zero-order valence-electron chi connectivity index (χ0n) is 15.4.